The van der Waals surface area contributed by atoms with E-state index in [1.807, 2.05) is 6.07 Å². The predicted octanol–water partition coefficient (Wildman–Crippen LogP) is 3.31. The van der Waals surface area contributed by atoms with Gasteiger partial charge in [0.25, 0.3) is 0 Å². The van der Waals surface area contributed by atoms with Crippen LogP contribution in [0.3, 0.4) is 0 Å². The number of benzene rings is 2. The van der Waals surface area contributed by atoms with Crippen molar-refractivity contribution >= 4 is 6.03 Å². The Morgan fingerprint density at radius 3 is 2.41 bits per heavy atom. The monoisotopic (exact) mass is 392 g/mol. The van der Waals surface area contributed by atoms with E-state index in [4.69, 9.17) is 0 Å². The highest BCUT2D eigenvalue weighted by Gasteiger charge is 2.23. The van der Waals surface area contributed by atoms with Gasteiger partial charge in [0.1, 0.15) is 0 Å². The number of carbonyl (C=O) groups excluding carboxylic acids is 1. The summed E-state index contributed by atoms with van der Waals surface area (Å²) in [7, 11) is 0. The van der Waals surface area contributed by atoms with E-state index >= 15 is 0 Å². The molecule has 0 aromatic heterocycles. The summed E-state index contributed by atoms with van der Waals surface area (Å²) in [6.07, 6.45) is 2.02. The van der Waals surface area contributed by atoms with Gasteiger partial charge in [0, 0.05) is 39.3 Å². The van der Waals surface area contributed by atoms with Crippen molar-refractivity contribution in [2.75, 3.05) is 32.7 Å². The highest BCUT2D eigenvalue weighted by Crippen LogP contribution is 2.30. The fourth-order valence-corrected chi connectivity index (χ4v) is 4.38. The van der Waals surface area contributed by atoms with Gasteiger partial charge in [0.05, 0.1) is 6.04 Å². The molecule has 5 nitrogen and oxygen atoms in total. The van der Waals surface area contributed by atoms with Crippen LogP contribution in [0, 0.1) is 0 Å². The molecule has 2 aliphatic rings. The third kappa shape index (κ3) is 5.17. The number of amides is 2. The third-order valence-corrected chi connectivity index (χ3v) is 6.23. The Kier molecular flexibility index (Phi) is 6.47. The summed E-state index contributed by atoms with van der Waals surface area (Å²) in [5, 5.41) is 6.12. The SMILES string of the molecule is CCN1CCN(Cc2ccc(CNC(=O)NC3CCc4ccccc43)cc2)CC1. The number of nitrogens with one attached hydrogen (secondary N) is 2. The second kappa shape index (κ2) is 9.42. The average Bonchev–Trinajstić information content (AvgIpc) is 3.17. The lowest BCUT2D eigenvalue weighted by atomic mass is 10.1. The molecule has 1 saturated heterocycles. The lowest BCUT2D eigenvalue weighted by molar-refractivity contribution is 0.132. The zero-order chi connectivity index (χ0) is 20.1. The second-order valence-electron chi connectivity index (χ2n) is 8.14. The summed E-state index contributed by atoms with van der Waals surface area (Å²) in [4.78, 5) is 17.4. The third-order valence-electron chi connectivity index (χ3n) is 6.23. The molecule has 4 rings (SSSR count). The molecule has 1 heterocycles. The predicted molar refractivity (Wildman–Crippen MR) is 117 cm³/mol. The topological polar surface area (TPSA) is 47.6 Å². The van der Waals surface area contributed by atoms with Crippen molar-refractivity contribution < 1.29 is 4.79 Å². The summed E-state index contributed by atoms with van der Waals surface area (Å²) >= 11 is 0. The molecule has 0 bridgehead atoms. The number of rotatable bonds is 6. The molecule has 1 aliphatic carbocycles. The van der Waals surface area contributed by atoms with Crippen LogP contribution in [0.2, 0.25) is 0 Å². The van der Waals surface area contributed by atoms with E-state index in [0.29, 0.717) is 6.54 Å². The minimum absolute atomic E-state index is 0.0930. The second-order valence-corrected chi connectivity index (χ2v) is 8.14. The van der Waals surface area contributed by atoms with E-state index in [0.717, 1.165) is 44.6 Å². The first-order valence-corrected chi connectivity index (χ1v) is 10.9. The van der Waals surface area contributed by atoms with Crippen molar-refractivity contribution in [3.63, 3.8) is 0 Å². The van der Waals surface area contributed by atoms with Crippen molar-refractivity contribution in [1.82, 2.24) is 20.4 Å². The number of hydrogen-bond acceptors (Lipinski definition) is 3. The number of nitrogens with zero attached hydrogens (tertiary/aromatic N) is 2. The van der Waals surface area contributed by atoms with E-state index in [1.54, 1.807) is 0 Å². The van der Waals surface area contributed by atoms with Crippen LogP contribution in [-0.2, 0) is 19.5 Å². The average molecular weight is 393 g/mol. The quantitative estimate of drug-likeness (QED) is 0.793. The lowest BCUT2D eigenvalue weighted by Gasteiger charge is -2.34. The van der Waals surface area contributed by atoms with Crippen LogP contribution in [0.5, 0.6) is 0 Å². The lowest BCUT2D eigenvalue weighted by Crippen LogP contribution is -2.45. The van der Waals surface area contributed by atoms with Gasteiger partial charge in [-0.15, -0.1) is 0 Å². The van der Waals surface area contributed by atoms with Gasteiger partial charge in [-0.25, -0.2) is 4.79 Å². The van der Waals surface area contributed by atoms with E-state index < -0.39 is 0 Å². The van der Waals surface area contributed by atoms with Gasteiger partial charge in [-0.05, 0) is 41.6 Å². The van der Waals surface area contributed by atoms with Crippen molar-refractivity contribution in [1.29, 1.82) is 0 Å². The molecule has 1 aliphatic heterocycles. The summed E-state index contributed by atoms with van der Waals surface area (Å²) in [6, 6.07) is 17.0. The Bertz CT molecular complexity index is 812. The van der Waals surface area contributed by atoms with Gasteiger partial charge in [0.15, 0.2) is 0 Å². The minimum atomic E-state index is -0.0930. The fourth-order valence-electron chi connectivity index (χ4n) is 4.38. The maximum Gasteiger partial charge on any atom is 0.315 e. The van der Waals surface area contributed by atoms with Crippen molar-refractivity contribution in [2.45, 2.75) is 38.9 Å². The van der Waals surface area contributed by atoms with Crippen LogP contribution < -0.4 is 10.6 Å². The summed E-state index contributed by atoms with van der Waals surface area (Å²) in [6.45, 7) is 9.55. The van der Waals surface area contributed by atoms with Crippen LogP contribution in [0.25, 0.3) is 0 Å². The first-order chi connectivity index (χ1) is 14.2. The Hall–Kier alpha value is -2.37. The molecule has 1 fully saturated rings. The van der Waals surface area contributed by atoms with Crippen LogP contribution in [0.4, 0.5) is 4.79 Å². The first kappa shape index (κ1) is 19.9. The summed E-state index contributed by atoms with van der Waals surface area (Å²) in [5.74, 6) is 0. The zero-order valence-corrected chi connectivity index (χ0v) is 17.4. The number of urea groups is 1. The van der Waals surface area contributed by atoms with Crippen LogP contribution in [0.1, 0.15) is 41.6 Å². The molecule has 0 radical (unpaired) electrons. The molecule has 1 atom stereocenters. The molecule has 2 aromatic carbocycles. The van der Waals surface area contributed by atoms with Crippen LogP contribution in [-0.4, -0.2) is 48.6 Å². The number of carbonyl (C=O) groups is 1. The molecule has 0 spiro atoms. The maximum atomic E-state index is 12.3. The van der Waals surface area contributed by atoms with E-state index in [-0.39, 0.29) is 12.1 Å². The van der Waals surface area contributed by atoms with Crippen molar-refractivity contribution in [2.24, 2.45) is 0 Å². The molecule has 2 aromatic rings. The van der Waals surface area contributed by atoms with E-state index in [1.165, 1.54) is 29.8 Å². The normalized spacial score (nSPS) is 19.7. The molecular formula is C24H32N4O. The smallest absolute Gasteiger partial charge is 0.315 e. The molecule has 29 heavy (non-hydrogen) atoms. The van der Waals surface area contributed by atoms with Gasteiger partial charge in [0.2, 0.25) is 0 Å². The largest absolute Gasteiger partial charge is 0.334 e. The minimum Gasteiger partial charge on any atom is -0.334 e. The standard InChI is InChI=1S/C24H32N4O/c1-2-27-13-15-28(16-14-27)18-20-9-7-19(8-10-20)17-25-24(29)26-23-12-11-21-5-3-4-6-22(21)23/h3-10,23H,2,11-18H2,1H3,(H2,25,26,29). The number of hydrogen-bond donors (Lipinski definition) is 2. The number of aryl methyl sites for hydroxylation is 1. The number of fused-ring (bicyclic) bond motifs is 1. The highest BCUT2D eigenvalue weighted by atomic mass is 16.2. The molecule has 154 valence electrons. The fraction of sp³-hybridized carbons (Fsp3) is 0.458. The Morgan fingerprint density at radius 2 is 1.66 bits per heavy atom. The Balaban J connectivity index is 1.22. The first-order valence-electron chi connectivity index (χ1n) is 10.9. The van der Waals surface area contributed by atoms with Gasteiger partial charge >= 0.3 is 6.03 Å². The summed E-state index contributed by atoms with van der Waals surface area (Å²) in [5.41, 5.74) is 5.08. The number of likely N-dealkylation sites (N-methyl/N-ethyl adjacent to an activating group) is 1. The Labute approximate surface area is 174 Å². The maximum absolute atomic E-state index is 12.3. The van der Waals surface area contributed by atoms with E-state index in [2.05, 4.69) is 69.8 Å². The molecular weight excluding hydrogens is 360 g/mol. The van der Waals surface area contributed by atoms with Crippen LogP contribution in [0.15, 0.2) is 48.5 Å². The highest BCUT2D eigenvalue weighted by molar-refractivity contribution is 5.74. The van der Waals surface area contributed by atoms with Gasteiger partial charge in [-0.2, -0.15) is 0 Å². The number of piperazine rings is 1. The Morgan fingerprint density at radius 1 is 0.966 bits per heavy atom. The van der Waals surface area contributed by atoms with Crippen molar-refractivity contribution in [3.8, 4) is 0 Å². The molecule has 5 heteroatoms. The zero-order valence-electron chi connectivity index (χ0n) is 17.4. The van der Waals surface area contributed by atoms with Crippen molar-refractivity contribution in [3.05, 3.63) is 70.8 Å². The summed E-state index contributed by atoms with van der Waals surface area (Å²) < 4.78 is 0. The van der Waals surface area contributed by atoms with E-state index in [9.17, 15) is 4.79 Å². The molecule has 0 saturated carbocycles. The van der Waals surface area contributed by atoms with Crippen LogP contribution >= 0.6 is 0 Å². The molecule has 2 amide bonds. The van der Waals surface area contributed by atoms with Gasteiger partial charge in [-0.1, -0.05) is 55.5 Å². The van der Waals surface area contributed by atoms with Gasteiger partial charge in [-0.3, -0.25) is 4.90 Å². The molecule has 1 unspecified atom stereocenters. The van der Waals surface area contributed by atoms with Gasteiger partial charge < -0.3 is 15.5 Å². The molecule has 2 N–H and O–H groups in total.